The molecule has 4 heterocycles. The molecule has 2 fully saturated rings. The highest BCUT2D eigenvalue weighted by Crippen LogP contribution is 2.25. The van der Waals surface area contributed by atoms with Gasteiger partial charge in [-0.15, -0.1) is 0 Å². The van der Waals surface area contributed by atoms with Crippen molar-refractivity contribution >= 4 is 11.8 Å². The molecule has 7 nitrogen and oxygen atoms in total. The second-order valence-corrected chi connectivity index (χ2v) is 8.43. The van der Waals surface area contributed by atoms with Crippen LogP contribution in [-0.4, -0.2) is 82.4 Å². The second kappa shape index (κ2) is 7.62. The smallest absolute Gasteiger partial charge is 0.289 e. The number of hydrogen-bond donors (Lipinski definition) is 0. The molecule has 0 bridgehead atoms. The van der Waals surface area contributed by atoms with Gasteiger partial charge in [0.1, 0.15) is 5.69 Å². The molecule has 7 heteroatoms. The standard InChI is InChI=1S/C20H31N5O2/c1-15-6-5-8-24(14-15)20(27)18-21-17(16-7-3-4-9-25(16)18)19(26)23-12-10-22(2)11-13-23/h15H,3-14H2,1-2H3. The van der Waals surface area contributed by atoms with Crippen LogP contribution < -0.4 is 0 Å². The largest absolute Gasteiger partial charge is 0.336 e. The van der Waals surface area contributed by atoms with Crippen molar-refractivity contribution in [2.45, 2.75) is 45.6 Å². The Kier molecular flexibility index (Phi) is 5.21. The third-order valence-corrected chi connectivity index (χ3v) is 6.25. The number of carbonyl (C=O) groups is 2. The van der Waals surface area contributed by atoms with Crippen molar-refractivity contribution in [3.05, 3.63) is 17.2 Å². The summed E-state index contributed by atoms with van der Waals surface area (Å²) in [6.07, 6.45) is 5.17. The minimum atomic E-state index is -0.000174. The lowest BCUT2D eigenvalue weighted by Crippen LogP contribution is -2.47. The molecule has 1 atom stereocenters. The van der Waals surface area contributed by atoms with Crippen LogP contribution in [0, 0.1) is 5.92 Å². The molecule has 0 aliphatic carbocycles. The summed E-state index contributed by atoms with van der Waals surface area (Å²) in [5, 5.41) is 0. The molecule has 0 aromatic carbocycles. The molecule has 27 heavy (non-hydrogen) atoms. The number of likely N-dealkylation sites (tertiary alicyclic amines) is 1. The number of piperidine rings is 1. The Morgan fingerprint density at radius 2 is 1.70 bits per heavy atom. The van der Waals surface area contributed by atoms with Gasteiger partial charge >= 0.3 is 0 Å². The Hall–Kier alpha value is -1.89. The minimum Gasteiger partial charge on any atom is -0.336 e. The van der Waals surface area contributed by atoms with E-state index in [-0.39, 0.29) is 11.8 Å². The molecule has 1 aromatic rings. The molecular weight excluding hydrogens is 342 g/mol. The third kappa shape index (κ3) is 3.61. The van der Waals surface area contributed by atoms with E-state index in [9.17, 15) is 9.59 Å². The maximum atomic E-state index is 13.2. The Morgan fingerprint density at radius 3 is 2.44 bits per heavy atom. The molecule has 0 spiro atoms. The molecule has 3 aliphatic heterocycles. The number of rotatable bonds is 2. The van der Waals surface area contributed by atoms with E-state index < -0.39 is 0 Å². The number of hydrogen-bond acceptors (Lipinski definition) is 4. The summed E-state index contributed by atoms with van der Waals surface area (Å²) in [6.45, 7) is 7.82. The van der Waals surface area contributed by atoms with Crippen LogP contribution in [0.3, 0.4) is 0 Å². The van der Waals surface area contributed by atoms with Crippen LogP contribution in [0.1, 0.15) is 59.4 Å². The zero-order chi connectivity index (χ0) is 19.0. The quantitative estimate of drug-likeness (QED) is 0.788. The van der Waals surface area contributed by atoms with Gasteiger partial charge in [0.05, 0.1) is 5.69 Å². The lowest BCUT2D eigenvalue weighted by molar-refractivity contribution is 0.0656. The number of carbonyl (C=O) groups excluding carboxylic acids is 2. The summed E-state index contributed by atoms with van der Waals surface area (Å²) in [5.74, 6) is 1.02. The first kappa shape index (κ1) is 18.5. The maximum Gasteiger partial charge on any atom is 0.289 e. The summed E-state index contributed by atoms with van der Waals surface area (Å²) in [6, 6.07) is 0. The molecule has 0 radical (unpaired) electrons. The summed E-state index contributed by atoms with van der Waals surface area (Å²) in [5.41, 5.74) is 1.49. The molecular formula is C20H31N5O2. The number of likely N-dealkylation sites (N-methyl/N-ethyl adjacent to an activating group) is 1. The van der Waals surface area contributed by atoms with Gasteiger partial charge in [-0.2, -0.15) is 0 Å². The normalized spacial score (nSPS) is 24.0. The molecule has 4 rings (SSSR count). The number of nitrogens with zero attached hydrogens (tertiary/aromatic N) is 5. The fourth-order valence-corrected chi connectivity index (χ4v) is 4.55. The molecule has 2 amide bonds. The second-order valence-electron chi connectivity index (χ2n) is 8.43. The first-order valence-corrected chi connectivity index (χ1v) is 10.4. The van der Waals surface area contributed by atoms with Gasteiger partial charge in [0.25, 0.3) is 11.8 Å². The van der Waals surface area contributed by atoms with Crippen molar-refractivity contribution in [2.75, 3.05) is 46.3 Å². The number of aromatic nitrogens is 2. The number of imidazole rings is 1. The van der Waals surface area contributed by atoms with Gasteiger partial charge in [-0.05, 0) is 45.1 Å². The van der Waals surface area contributed by atoms with Crippen LogP contribution in [0.15, 0.2) is 0 Å². The number of amides is 2. The molecule has 148 valence electrons. The van der Waals surface area contributed by atoms with Crippen molar-refractivity contribution in [1.29, 1.82) is 0 Å². The number of fused-ring (bicyclic) bond motifs is 1. The predicted octanol–water partition coefficient (Wildman–Crippen LogP) is 1.48. The van der Waals surface area contributed by atoms with Crippen molar-refractivity contribution in [3.8, 4) is 0 Å². The van der Waals surface area contributed by atoms with Gasteiger partial charge in [-0.1, -0.05) is 6.92 Å². The Bertz CT molecular complexity index is 720. The Labute approximate surface area is 161 Å². The fourth-order valence-electron chi connectivity index (χ4n) is 4.55. The topological polar surface area (TPSA) is 61.7 Å². The van der Waals surface area contributed by atoms with E-state index in [0.29, 0.717) is 17.4 Å². The molecule has 2 saturated heterocycles. The van der Waals surface area contributed by atoms with Gasteiger partial charge in [0.15, 0.2) is 5.82 Å². The molecule has 1 aromatic heterocycles. The fraction of sp³-hybridized carbons (Fsp3) is 0.750. The van der Waals surface area contributed by atoms with E-state index in [0.717, 1.165) is 77.2 Å². The lowest BCUT2D eigenvalue weighted by atomic mass is 10.0. The zero-order valence-electron chi connectivity index (χ0n) is 16.6. The van der Waals surface area contributed by atoms with Gasteiger partial charge < -0.3 is 19.3 Å². The average molecular weight is 374 g/mol. The highest BCUT2D eigenvalue weighted by molar-refractivity contribution is 5.97. The van der Waals surface area contributed by atoms with Gasteiger partial charge in [-0.25, -0.2) is 4.98 Å². The van der Waals surface area contributed by atoms with E-state index in [4.69, 9.17) is 0 Å². The van der Waals surface area contributed by atoms with Crippen molar-refractivity contribution in [2.24, 2.45) is 5.92 Å². The molecule has 0 N–H and O–H groups in total. The van der Waals surface area contributed by atoms with E-state index in [1.54, 1.807) is 0 Å². The zero-order valence-corrected chi connectivity index (χ0v) is 16.6. The van der Waals surface area contributed by atoms with E-state index in [1.165, 1.54) is 6.42 Å². The van der Waals surface area contributed by atoms with Gasteiger partial charge in [0.2, 0.25) is 0 Å². The molecule has 3 aliphatic rings. The van der Waals surface area contributed by atoms with Crippen LogP contribution in [0.4, 0.5) is 0 Å². The highest BCUT2D eigenvalue weighted by Gasteiger charge is 2.33. The van der Waals surface area contributed by atoms with Crippen molar-refractivity contribution < 1.29 is 9.59 Å². The summed E-state index contributed by atoms with van der Waals surface area (Å²) >= 11 is 0. The van der Waals surface area contributed by atoms with Crippen LogP contribution in [0.5, 0.6) is 0 Å². The first-order chi connectivity index (χ1) is 13.0. The minimum absolute atomic E-state index is 0.000174. The maximum absolute atomic E-state index is 13.2. The molecule has 1 unspecified atom stereocenters. The van der Waals surface area contributed by atoms with Crippen LogP contribution in [0.25, 0.3) is 0 Å². The monoisotopic (exact) mass is 373 g/mol. The Balaban J connectivity index is 1.61. The van der Waals surface area contributed by atoms with Crippen molar-refractivity contribution in [3.63, 3.8) is 0 Å². The van der Waals surface area contributed by atoms with Crippen LogP contribution >= 0.6 is 0 Å². The summed E-state index contributed by atoms with van der Waals surface area (Å²) in [4.78, 5) is 37.1. The predicted molar refractivity (Wildman–Crippen MR) is 103 cm³/mol. The SMILES string of the molecule is CC1CCCN(C(=O)c2nc(C(=O)N3CCN(C)CC3)c3n2CCCC3)C1. The van der Waals surface area contributed by atoms with Crippen LogP contribution in [0.2, 0.25) is 0 Å². The Morgan fingerprint density at radius 1 is 0.926 bits per heavy atom. The lowest BCUT2D eigenvalue weighted by Gasteiger charge is -2.32. The average Bonchev–Trinajstić information content (AvgIpc) is 3.07. The summed E-state index contributed by atoms with van der Waals surface area (Å²) < 4.78 is 2.04. The van der Waals surface area contributed by atoms with Crippen LogP contribution in [-0.2, 0) is 13.0 Å². The first-order valence-electron chi connectivity index (χ1n) is 10.4. The van der Waals surface area contributed by atoms with Gasteiger partial charge in [0, 0.05) is 45.8 Å². The van der Waals surface area contributed by atoms with Gasteiger partial charge in [-0.3, -0.25) is 9.59 Å². The van der Waals surface area contributed by atoms with Crippen molar-refractivity contribution in [1.82, 2.24) is 24.3 Å². The number of piperazine rings is 1. The highest BCUT2D eigenvalue weighted by atomic mass is 16.2. The molecule has 0 saturated carbocycles. The van der Waals surface area contributed by atoms with E-state index >= 15 is 0 Å². The van der Waals surface area contributed by atoms with E-state index in [2.05, 4.69) is 23.9 Å². The summed E-state index contributed by atoms with van der Waals surface area (Å²) in [7, 11) is 2.08. The third-order valence-electron chi connectivity index (χ3n) is 6.25. The van der Waals surface area contributed by atoms with E-state index in [1.807, 2.05) is 14.4 Å².